The van der Waals surface area contributed by atoms with Crippen LogP contribution in [0.3, 0.4) is 0 Å². The molecular formula is C17H29NO6. The Morgan fingerprint density at radius 1 is 1.33 bits per heavy atom. The van der Waals surface area contributed by atoms with Crippen molar-refractivity contribution >= 4 is 5.97 Å². The Morgan fingerprint density at radius 3 is 2.58 bits per heavy atom. The monoisotopic (exact) mass is 343 g/mol. The molecule has 138 valence electrons. The summed E-state index contributed by atoms with van der Waals surface area (Å²) >= 11 is 0. The molecule has 0 amide bonds. The van der Waals surface area contributed by atoms with Crippen LogP contribution in [0.25, 0.3) is 0 Å². The maximum atomic E-state index is 11.4. The van der Waals surface area contributed by atoms with Gasteiger partial charge in [0.2, 0.25) is 6.54 Å². The van der Waals surface area contributed by atoms with E-state index in [4.69, 9.17) is 9.47 Å². The molecule has 5 atom stereocenters. The van der Waals surface area contributed by atoms with Gasteiger partial charge in [0.25, 0.3) is 0 Å². The van der Waals surface area contributed by atoms with Crippen LogP contribution < -0.4 is 0 Å². The fraction of sp³-hybridized carbons (Fsp3) is 0.941. The van der Waals surface area contributed by atoms with E-state index in [2.05, 4.69) is 20.8 Å². The second-order valence-electron chi connectivity index (χ2n) is 8.08. The first-order valence-electron chi connectivity index (χ1n) is 8.69. The zero-order valence-corrected chi connectivity index (χ0v) is 15.0. The van der Waals surface area contributed by atoms with Gasteiger partial charge < -0.3 is 14.6 Å². The molecule has 0 aromatic carbocycles. The summed E-state index contributed by atoms with van der Waals surface area (Å²) in [6.07, 6.45) is 1.52. The van der Waals surface area contributed by atoms with Crippen LogP contribution >= 0.6 is 0 Å². The van der Waals surface area contributed by atoms with Crippen LogP contribution in [0.2, 0.25) is 0 Å². The van der Waals surface area contributed by atoms with Crippen LogP contribution in [0.15, 0.2) is 0 Å². The molecule has 2 saturated carbocycles. The van der Waals surface area contributed by atoms with Crippen molar-refractivity contribution in [2.45, 2.75) is 71.2 Å². The van der Waals surface area contributed by atoms with Crippen molar-refractivity contribution in [1.82, 2.24) is 0 Å². The normalized spacial score (nSPS) is 38.2. The average molecular weight is 343 g/mol. The minimum Gasteiger partial charge on any atom is -0.460 e. The Kier molecular flexibility index (Phi) is 5.54. The molecule has 2 aliphatic rings. The van der Waals surface area contributed by atoms with E-state index in [0.29, 0.717) is 18.8 Å². The van der Waals surface area contributed by atoms with Gasteiger partial charge in [-0.1, -0.05) is 27.2 Å². The molecule has 0 spiro atoms. The van der Waals surface area contributed by atoms with Crippen LogP contribution in [-0.2, 0) is 14.3 Å². The number of rotatable bonds is 5. The number of nitro groups is 1. The summed E-state index contributed by atoms with van der Waals surface area (Å²) in [6.45, 7) is 7.28. The van der Waals surface area contributed by atoms with E-state index in [9.17, 15) is 20.0 Å². The standard InChI is InChI=1S/C17H29NO6/c1-11-5-6-14-16(3,4)10-13(24-12(2)19)15(20)17(14,9-11)23-8-7-18(21)22/h11,13-15,20H,5-10H2,1-4H3/t11-,13?,14+,15?,17?/m1/s1. The number of aliphatic hydroxyl groups excluding tert-OH is 1. The molecule has 2 rings (SSSR count). The molecule has 0 bridgehead atoms. The Balaban J connectivity index is 2.33. The van der Waals surface area contributed by atoms with Gasteiger partial charge in [-0.2, -0.15) is 0 Å². The van der Waals surface area contributed by atoms with E-state index >= 15 is 0 Å². The van der Waals surface area contributed by atoms with Crippen molar-refractivity contribution in [3.63, 3.8) is 0 Å². The summed E-state index contributed by atoms with van der Waals surface area (Å²) in [5.41, 5.74) is -1.08. The van der Waals surface area contributed by atoms with E-state index in [0.717, 1.165) is 12.8 Å². The van der Waals surface area contributed by atoms with Crippen LogP contribution in [0, 0.1) is 27.4 Å². The number of hydrogen-bond donors (Lipinski definition) is 1. The van der Waals surface area contributed by atoms with E-state index in [1.807, 2.05) is 0 Å². The lowest BCUT2D eigenvalue weighted by Gasteiger charge is -2.59. The highest BCUT2D eigenvalue weighted by Crippen LogP contribution is 2.56. The van der Waals surface area contributed by atoms with E-state index in [-0.39, 0.29) is 24.5 Å². The van der Waals surface area contributed by atoms with E-state index in [1.165, 1.54) is 6.92 Å². The van der Waals surface area contributed by atoms with Gasteiger partial charge in [-0.05, 0) is 36.5 Å². The van der Waals surface area contributed by atoms with Gasteiger partial charge in [0.15, 0.2) is 0 Å². The number of fused-ring (bicyclic) bond motifs is 1. The number of hydrogen-bond acceptors (Lipinski definition) is 6. The molecular weight excluding hydrogens is 314 g/mol. The molecule has 0 aromatic rings. The second-order valence-corrected chi connectivity index (χ2v) is 8.08. The zero-order chi connectivity index (χ0) is 18.1. The Morgan fingerprint density at radius 2 is 2.00 bits per heavy atom. The molecule has 24 heavy (non-hydrogen) atoms. The molecule has 1 N–H and O–H groups in total. The fourth-order valence-corrected chi connectivity index (χ4v) is 4.82. The third kappa shape index (κ3) is 3.72. The Labute approximate surface area is 142 Å². The van der Waals surface area contributed by atoms with Crippen LogP contribution in [0.5, 0.6) is 0 Å². The first kappa shape index (κ1) is 19.1. The lowest BCUT2D eigenvalue weighted by Crippen LogP contribution is -2.66. The molecule has 2 fully saturated rings. The zero-order valence-electron chi connectivity index (χ0n) is 15.0. The van der Waals surface area contributed by atoms with Crippen molar-refractivity contribution in [2.24, 2.45) is 17.3 Å². The quantitative estimate of drug-likeness (QED) is 0.467. The Hall–Kier alpha value is -1.21. The largest absolute Gasteiger partial charge is 0.460 e. The number of carbonyl (C=O) groups is 1. The van der Waals surface area contributed by atoms with Gasteiger partial charge in [0, 0.05) is 11.8 Å². The third-order valence-corrected chi connectivity index (χ3v) is 5.69. The molecule has 2 aliphatic carbocycles. The minimum atomic E-state index is -0.964. The van der Waals surface area contributed by atoms with Gasteiger partial charge in [-0.3, -0.25) is 14.9 Å². The summed E-state index contributed by atoms with van der Waals surface area (Å²) in [7, 11) is 0. The smallest absolute Gasteiger partial charge is 0.302 e. The minimum absolute atomic E-state index is 0.0455. The van der Waals surface area contributed by atoms with Crippen molar-refractivity contribution in [2.75, 3.05) is 13.2 Å². The molecule has 0 saturated heterocycles. The highest BCUT2D eigenvalue weighted by atomic mass is 16.6. The van der Waals surface area contributed by atoms with Gasteiger partial charge in [-0.25, -0.2) is 0 Å². The second kappa shape index (κ2) is 6.96. The molecule has 0 aromatic heterocycles. The first-order valence-corrected chi connectivity index (χ1v) is 8.69. The molecule has 0 radical (unpaired) electrons. The topological polar surface area (TPSA) is 98.9 Å². The predicted octanol–water partition coefficient (Wildman–Crippen LogP) is 2.18. The fourth-order valence-electron chi connectivity index (χ4n) is 4.82. The number of carbonyl (C=O) groups excluding carboxylic acids is 1. The third-order valence-electron chi connectivity index (χ3n) is 5.69. The van der Waals surface area contributed by atoms with Crippen molar-refractivity contribution in [3.05, 3.63) is 10.1 Å². The van der Waals surface area contributed by atoms with Gasteiger partial charge in [0.05, 0.1) is 0 Å². The highest BCUT2D eigenvalue weighted by molar-refractivity contribution is 5.66. The highest BCUT2D eigenvalue weighted by Gasteiger charge is 2.61. The summed E-state index contributed by atoms with van der Waals surface area (Å²) < 4.78 is 11.4. The van der Waals surface area contributed by atoms with Crippen molar-refractivity contribution in [1.29, 1.82) is 0 Å². The summed E-state index contributed by atoms with van der Waals surface area (Å²) in [4.78, 5) is 21.7. The van der Waals surface area contributed by atoms with Gasteiger partial charge >= 0.3 is 5.97 Å². The molecule has 7 heteroatoms. The van der Waals surface area contributed by atoms with E-state index < -0.39 is 28.7 Å². The van der Waals surface area contributed by atoms with Crippen LogP contribution in [0.4, 0.5) is 0 Å². The van der Waals surface area contributed by atoms with Crippen LogP contribution in [-0.4, -0.2) is 47.0 Å². The first-order chi connectivity index (χ1) is 11.1. The SMILES string of the molecule is CC(=O)OC1CC(C)(C)[C@@H]2CC[C@@H](C)CC2(OCC[N+](=O)[O-])C1O. The summed E-state index contributed by atoms with van der Waals surface area (Å²) in [5, 5.41) is 21.7. The van der Waals surface area contributed by atoms with Crippen molar-refractivity contribution < 1.29 is 24.3 Å². The number of nitrogens with zero attached hydrogens (tertiary/aromatic N) is 1. The summed E-state index contributed by atoms with van der Waals surface area (Å²) in [5.74, 6) is -0.00857. The van der Waals surface area contributed by atoms with E-state index in [1.54, 1.807) is 0 Å². The Bertz CT molecular complexity index is 493. The number of aliphatic hydroxyl groups is 1. The molecule has 3 unspecified atom stereocenters. The lowest BCUT2D eigenvalue weighted by atomic mass is 9.53. The number of esters is 1. The van der Waals surface area contributed by atoms with Gasteiger partial charge in [0.1, 0.15) is 24.4 Å². The lowest BCUT2D eigenvalue weighted by molar-refractivity contribution is -0.486. The molecule has 7 nitrogen and oxygen atoms in total. The van der Waals surface area contributed by atoms with Gasteiger partial charge in [-0.15, -0.1) is 0 Å². The van der Waals surface area contributed by atoms with Crippen molar-refractivity contribution in [3.8, 4) is 0 Å². The predicted molar refractivity (Wildman–Crippen MR) is 87.0 cm³/mol. The summed E-state index contributed by atoms with van der Waals surface area (Å²) in [6, 6.07) is 0. The maximum Gasteiger partial charge on any atom is 0.302 e. The average Bonchev–Trinajstić information content (AvgIpc) is 2.43. The van der Waals surface area contributed by atoms with Crippen LogP contribution in [0.1, 0.15) is 53.4 Å². The maximum absolute atomic E-state index is 11.4. The number of ether oxygens (including phenoxy) is 2. The molecule has 0 aliphatic heterocycles. The molecule has 0 heterocycles.